The van der Waals surface area contributed by atoms with Crippen molar-refractivity contribution in [2.45, 2.75) is 25.6 Å². The van der Waals surface area contributed by atoms with Crippen LogP contribution in [0.5, 0.6) is 5.75 Å². The van der Waals surface area contributed by atoms with E-state index in [0.717, 1.165) is 17.0 Å². The molecule has 3 nitrogen and oxygen atoms in total. The summed E-state index contributed by atoms with van der Waals surface area (Å²) in [5, 5.41) is 2.87. The summed E-state index contributed by atoms with van der Waals surface area (Å²) in [4.78, 5) is 11.7. The molecule has 1 atom stereocenters. The molecule has 0 saturated carbocycles. The Morgan fingerprint density at radius 1 is 1.41 bits per heavy atom. The van der Waals surface area contributed by atoms with Crippen LogP contribution in [-0.2, 0) is 4.79 Å². The summed E-state index contributed by atoms with van der Waals surface area (Å²) in [5.74, 6) is 1.06. The highest BCUT2D eigenvalue weighted by atomic mass is 79.9. The van der Waals surface area contributed by atoms with Crippen LogP contribution < -0.4 is 10.1 Å². The van der Waals surface area contributed by atoms with Crippen LogP contribution in [0.3, 0.4) is 0 Å². The van der Waals surface area contributed by atoms with Gasteiger partial charge in [0.15, 0.2) is 0 Å². The summed E-state index contributed by atoms with van der Waals surface area (Å²) in [6.07, 6.45) is 0. The van der Waals surface area contributed by atoms with E-state index in [1.165, 1.54) is 0 Å². The Kier molecular flexibility index (Phi) is 5.00. The molecule has 1 aromatic rings. The number of hydrogen-bond acceptors (Lipinski definition) is 2. The number of ether oxygens (including phenoxy) is 1. The number of anilines is 1. The minimum absolute atomic E-state index is 0.0235. The van der Waals surface area contributed by atoms with E-state index in [4.69, 9.17) is 4.74 Å². The van der Waals surface area contributed by atoms with Crippen LogP contribution in [0.1, 0.15) is 19.4 Å². The van der Waals surface area contributed by atoms with Gasteiger partial charge in [-0.1, -0.05) is 29.8 Å². The Labute approximate surface area is 111 Å². The van der Waals surface area contributed by atoms with E-state index in [-0.39, 0.29) is 16.7 Å². The fourth-order valence-corrected chi connectivity index (χ4v) is 1.58. The van der Waals surface area contributed by atoms with Crippen LogP contribution in [0.25, 0.3) is 0 Å². The monoisotopic (exact) mass is 299 g/mol. The molecule has 94 valence electrons. The number of alkyl halides is 1. The molecule has 1 N–H and O–H groups in total. The number of nitrogens with one attached hydrogen (secondary N) is 1. The minimum Gasteiger partial charge on any atom is -0.496 e. The first-order chi connectivity index (χ1) is 7.95. The third kappa shape index (κ3) is 3.73. The molecule has 4 heteroatoms. The average Bonchev–Trinajstić information content (AvgIpc) is 2.28. The highest BCUT2D eigenvalue weighted by molar-refractivity contribution is 9.10. The second kappa shape index (κ2) is 6.05. The molecule has 0 heterocycles. The average molecular weight is 300 g/mol. The summed E-state index contributed by atoms with van der Waals surface area (Å²) in [5.41, 5.74) is 1.79. The number of rotatable bonds is 4. The van der Waals surface area contributed by atoms with Crippen LogP contribution in [0.2, 0.25) is 0 Å². The molecule has 1 amide bonds. The van der Waals surface area contributed by atoms with Gasteiger partial charge in [-0.15, -0.1) is 0 Å². The molecule has 0 radical (unpaired) electrons. The molecule has 1 unspecified atom stereocenters. The summed E-state index contributed by atoms with van der Waals surface area (Å²) in [7, 11) is 1.63. The van der Waals surface area contributed by atoms with Crippen molar-refractivity contribution in [2.24, 2.45) is 5.92 Å². The minimum atomic E-state index is -0.176. The van der Waals surface area contributed by atoms with Crippen LogP contribution >= 0.6 is 15.9 Å². The fraction of sp³-hybridized carbons (Fsp3) is 0.462. The molecule has 0 saturated heterocycles. The largest absolute Gasteiger partial charge is 0.496 e. The standard InChI is InChI=1S/C13H18BrNO2/c1-8(2)12(14)13(16)15-10-5-6-11(17-4)9(3)7-10/h5-8,12H,1-4H3,(H,15,16). The van der Waals surface area contributed by atoms with E-state index in [1.54, 1.807) is 7.11 Å². The van der Waals surface area contributed by atoms with Crippen LogP contribution in [0.4, 0.5) is 5.69 Å². The molecular formula is C13H18BrNO2. The van der Waals surface area contributed by atoms with Gasteiger partial charge in [-0.3, -0.25) is 4.79 Å². The SMILES string of the molecule is COc1ccc(NC(=O)C(Br)C(C)C)cc1C. The molecule has 0 aromatic heterocycles. The smallest absolute Gasteiger partial charge is 0.238 e. The maximum atomic E-state index is 11.8. The molecule has 0 fully saturated rings. The van der Waals surface area contributed by atoms with Gasteiger partial charge in [0.05, 0.1) is 11.9 Å². The van der Waals surface area contributed by atoms with Gasteiger partial charge < -0.3 is 10.1 Å². The molecular weight excluding hydrogens is 282 g/mol. The van der Waals surface area contributed by atoms with Crippen molar-refractivity contribution < 1.29 is 9.53 Å². The maximum Gasteiger partial charge on any atom is 0.238 e. The lowest BCUT2D eigenvalue weighted by Gasteiger charge is -2.14. The maximum absolute atomic E-state index is 11.8. The number of aryl methyl sites for hydroxylation is 1. The summed E-state index contributed by atoms with van der Waals surface area (Å²) in [6, 6.07) is 5.59. The first kappa shape index (κ1) is 14.0. The Balaban J connectivity index is 2.76. The van der Waals surface area contributed by atoms with Crippen molar-refractivity contribution in [2.75, 3.05) is 12.4 Å². The molecule has 17 heavy (non-hydrogen) atoms. The molecule has 0 spiro atoms. The van der Waals surface area contributed by atoms with E-state index in [1.807, 2.05) is 39.0 Å². The zero-order valence-corrected chi connectivity index (χ0v) is 12.2. The van der Waals surface area contributed by atoms with Crippen LogP contribution in [0, 0.1) is 12.8 Å². The Hall–Kier alpha value is -1.03. The lowest BCUT2D eigenvalue weighted by atomic mass is 10.1. The number of carbonyl (C=O) groups excluding carboxylic acids is 1. The Bertz CT molecular complexity index is 404. The lowest BCUT2D eigenvalue weighted by molar-refractivity contribution is -0.116. The quantitative estimate of drug-likeness (QED) is 0.866. The van der Waals surface area contributed by atoms with E-state index >= 15 is 0 Å². The zero-order chi connectivity index (χ0) is 13.0. The summed E-state index contributed by atoms with van der Waals surface area (Å²) >= 11 is 3.37. The summed E-state index contributed by atoms with van der Waals surface area (Å²) in [6.45, 7) is 5.94. The van der Waals surface area contributed by atoms with Gasteiger partial charge in [0.2, 0.25) is 5.91 Å². The van der Waals surface area contributed by atoms with Gasteiger partial charge in [0, 0.05) is 5.69 Å². The predicted molar refractivity (Wildman–Crippen MR) is 73.9 cm³/mol. The summed E-state index contributed by atoms with van der Waals surface area (Å²) < 4.78 is 5.17. The lowest BCUT2D eigenvalue weighted by Crippen LogP contribution is -2.26. The number of amides is 1. The highest BCUT2D eigenvalue weighted by Gasteiger charge is 2.18. The van der Waals surface area contributed by atoms with Crippen LogP contribution in [0.15, 0.2) is 18.2 Å². The highest BCUT2D eigenvalue weighted by Crippen LogP contribution is 2.22. The number of benzene rings is 1. The van der Waals surface area contributed by atoms with Gasteiger partial charge in [-0.2, -0.15) is 0 Å². The van der Waals surface area contributed by atoms with Gasteiger partial charge in [0.25, 0.3) is 0 Å². The van der Waals surface area contributed by atoms with Crippen molar-refractivity contribution in [1.82, 2.24) is 0 Å². The Morgan fingerprint density at radius 2 is 2.06 bits per heavy atom. The zero-order valence-electron chi connectivity index (χ0n) is 10.6. The fourth-order valence-electron chi connectivity index (χ4n) is 1.47. The first-order valence-corrected chi connectivity index (χ1v) is 6.47. The predicted octanol–water partition coefficient (Wildman–Crippen LogP) is 3.36. The number of methoxy groups -OCH3 is 1. The molecule has 0 aliphatic carbocycles. The third-order valence-electron chi connectivity index (χ3n) is 2.50. The van der Waals surface area contributed by atoms with Crippen molar-refractivity contribution >= 4 is 27.5 Å². The van der Waals surface area contributed by atoms with Gasteiger partial charge in [0.1, 0.15) is 5.75 Å². The van der Waals surface area contributed by atoms with Crippen molar-refractivity contribution in [3.05, 3.63) is 23.8 Å². The van der Waals surface area contributed by atoms with E-state index in [0.29, 0.717) is 0 Å². The molecule has 0 aliphatic heterocycles. The molecule has 0 aliphatic rings. The van der Waals surface area contributed by atoms with E-state index < -0.39 is 0 Å². The Morgan fingerprint density at radius 3 is 2.53 bits per heavy atom. The van der Waals surface area contributed by atoms with Crippen molar-refractivity contribution in [1.29, 1.82) is 0 Å². The van der Waals surface area contributed by atoms with Crippen molar-refractivity contribution in [3.8, 4) is 5.75 Å². The van der Waals surface area contributed by atoms with E-state index in [2.05, 4.69) is 21.2 Å². The normalized spacial score (nSPS) is 12.4. The van der Waals surface area contributed by atoms with Gasteiger partial charge in [-0.25, -0.2) is 0 Å². The topological polar surface area (TPSA) is 38.3 Å². The molecule has 1 rings (SSSR count). The first-order valence-electron chi connectivity index (χ1n) is 5.55. The number of carbonyl (C=O) groups is 1. The molecule has 1 aromatic carbocycles. The third-order valence-corrected chi connectivity index (χ3v) is 3.97. The second-order valence-corrected chi connectivity index (χ2v) is 5.31. The molecule has 0 bridgehead atoms. The van der Waals surface area contributed by atoms with Crippen molar-refractivity contribution in [3.63, 3.8) is 0 Å². The number of hydrogen-bond donors (Lipinski definition) is 1. The van der Waals surface area contributed by atoms with Crippen LogP contribution in [-0.4, -0.2) is 17.8 Å². The second-order valence-electron chi connectivity index (χ2n) is 4.32. The van der Waals surface area contributed by atoms with Gasteiger partial charge >= 0.3 is 0 Å². The number of halogens is 1. The van der Waals surface area contributed by atoms with Gasteiger partial charge in [-0.05, 0) is 36.6 Å². The van der Waals surface area contributed by atoms with E-state index in [9.17, 15) is 4.79 Å².